The van der Waals surface area contributed by atoms with E-state index < -0.39 is 5.41 Å². The number of benzene rings is 1. The SMILES string of the molecule is C=CCNC(=O)[C@]1(Cc2ccccc2-c2cccnc2)CCCN(C(=O)[C@@H]2CCCCO2)C1. The first-order valence-corrected chi connectivity index (χ1v) is 11.9. The summed E-state index contributed by atoms with van der Waals surface area (Å²) in [5, 5.41) is 3.02. The molecule has 2 aromatic rings. The lowest BCUT2D eigenvalue weighted by Crippen LogP contribution is -2.56. The van der Waals surface area contributed by atoms with Crippen molar-refractivity contribution in [1.29, 1.82) is 0 Å². The van der Waals surface area contributed by atoms with Crippen molar-refractivity contribution < 1.29 is 14.3 Å². The predicted molar refractivity (Wildman–Crippen MR) is 128 cm³/mol. The number of hydrogen-bond donors (Lipinski definition) is 1. The van der Waals surface area contributed by atoms with Crippen LogP contribution in [0.25, 0.3) is 11.1 Å². The van der Waals surface area contributed by atoms with Crippen LogP contribution in [-0.2, 0) is 20.7 Å². The van der Waals surface area contributed by atoms with Gasteiger partial charge in [-0.25, -0.2) is 0 Å². The first-order valence-electron chi connectivity index (χ1n) is 11.9. The molecular weight excluding hydrogens is 414 g/mol. The lowest BCUT2D eigenvalue weighted by Gasteiger charge is -2.43. The fourth-order valence-corrected chi connectivity index (χ4v) is 5.06. The molecule has 6 nitrogen and oxygen atoms in total. The Labute approximate surface area is 196 Å². The topological polar surface area (TPSA) is 71.5 Å². The number of likely N-dealkylation sites (tertiary alicyclic amines) is 1. The number of amides is 2. The van der Waals surface area contributed by atoms with Crippen molar-refractivity contribution in [3.63, 3.8) is 0 Å². The second kappa shape index (κ2) is 10.8. The van der Waals surface area contributed by atoms with Gasteiger partial charge in [0.25, 0.3) is 5.91 Å². The zero-order valence-electron chi connectivity index (χ0n) is 19.2. The van der Waals surface area contributed by atoms with Crippen molar-refractivity contribution in [2.45, 2.75) is 44.6 Å². The van der Waals surface area contributed by atoms with E-state index in [1.165, 1.54) is 0 Å². The minimum atomic E-state index is -0.704. The molecule has 174 valence electrons. The summed E-state index contributed by atoms with van der Waals surface area (Å²) in [4.78, 5) is 32.9. The second-order valence-corrected chi connectivity index (χ2v) is 9.07. The van der Waals surface area contributed by atoms with Crippen molar-refractivity contribution in [2.75, 3.05) is 26.2 Å². The molecule has 0 bridgehead atoms. The Morgan fingerprint density at radius 1 is 1.21 bits per heavy atom. The van der Waals surface area contributed by atoms with Crippen LogP contribution < -0.4 is 5.32 Å². The molecule has 2 atom stereocenters. The average molecular weight is 448 g/mol. The summed E-state index contributed by atoms with van der Waals surface area (Å²) in [6.07, 6.45) is 9.75. The maximum absolute atomic E-state index is 13.5. The van der Waals surface area contributed by atoms with Crippen LogP contribution in [0.3, 0.4) is 0 Å². The van der Waals surface area contributed by atoms with Crippen LogP contribution in [0.5, 0.6) is 0 Å². The van der Waals surface area contributed by atoms with Gasteiger partial charge in [0, 0.05) is 44.2 Å². The maximum atomic E-state index is 13.5. The van der Waals surface area contributed by atoms with Crippen LogP contribution in [0.1, 0.15) is 37.7 Å². The van der Waals surface area contributed by atoms with Crippen LogP contribution in [-0.4, -0.2) is 54.0 Å². The van der Waals surface area contributed by atoms with Gasteiger partial charge in [0.15, 0.2) is 0 Å². The molecule has 0 aliphatic carbocycles. The number of nitrogens with one attached hydrogen (secondary N) is 1. The molecule has 0 radical (unpaired) electrons. The third kappa shape index (κ3) is 5.33. The summed E-state index contributed by atoms with van der Waals surface area (Å²) in [7, 11) is 0. The molecule has 4 rings (SSSR count). The zero-order chi connectivity index (χ0) is 23.1. The number of nitrogens with zero attached hydrogens (tertiary/aromatic N) is 2. The summed E-state index contributed by atoms with van der Waals surface area (Å²) >= 11 is 0. The number of rotatable bonds is 7. The molecule has 1 aromatic heterocycles. The molecule has 0 saturated carbocycles. The van der Waals surface area contributed by atoms with Crippen molar-refractivity contribution in [1.82, 2.24) is 15.2 Å². The van der Waals surface area contributed by atoms with Gasteiger partial charge in [-0.3, -0.25) is 14.6 Å². The first-order chi connectivity index (χ1) is 16.1. The molecule has 1 aromatic carbocycles. The molecule has 33 heavy (non-hydrogen) atoms. The Kier molecular flexibility index (Phi) is 7.55. The normalized spacial score (nSPS) is 23.0. The van der Waals surface area contributed by atoms with Gasteiger partial charge in [-0.15, -0.1) is 6.58 Å². The summed E-state index contributed by atoms with van der Waals surface area (Å²) in [6.45, 7) is 5.84. The van der Waals surface area contributed by atoms with Crippen molar-refractivity contribution >= 4 is 11.8 Å². The number of carbonyl (C=O) groups is 2. The van der Waals surface area contributed by atoms with E-state index in [2.05, 4.69) is 29.0 Å². The van der Waals surface area contributed by atoms with E-state index in [0.717, 1.165) is 48.8 Å². The van der Waals surface area contributed by atoms with Gasteiger partial charge in [-0.1, -0.05) is 36.4 Å². The molecule has 0 unspecified atom stereocenters. The quantitative estimate of drug-likeness (QED) is 0.656. The Bertz CT molecular complexity index is 972. The average Bonchev–Trinajstić information content (AvgIpc) is 2.88. The predicted octanol–water partition coefficient (Wildman–Crippen LogP) is 3.77. The fraction of sp³-hybridized carbons (Fsp3) is 0.444. The van der Waals surface area contributed by atoms with Crippen LogP contribution in [0, 0.1) is 5.41 Å². The summed E-state index contributed by atoms with van der Waals surface area (Å²) in [5.41, 5.74) is 2.47. The Balaban J connectivity index is 1.64. The van der Waals surface area contributed by atoms with E-state index in [1.54, 1.807) is 12.3 Å². The van der Waals surface area contributed by atoms with E-state index >= 15 is 0 Å². The van der Waals surface area contributed by atoms with Gasteiger partial charge >= 0.3 is 0 Å². The Morgan fingerprint density at radius 2 is 2.09 bits per heavy atom. The number of pyridine rings is 1. The van der Waals surface area contributed by atoms with Gasteiger partial charge in [0.2, 0.25) is 5.91 Å². The van der Waals surface area contributed by atoms with Crippen LogP contribution >= 0.6 is 0 Å². The zero-order valence-corrected chi connectivity index (χ0v) is 19.2. The van der Waals surface area contributed by atoms with Gasteiger partial charge < -0.3 is 15.0 Å². The van der Waals surface area contributed by atoms with Gasteiger partial charge in [0.1, 0.15) is 6.10 Å². The smallest absolute Gasteiger partial charge is 0.251 e. The lowest BCUT2D eigenvalue weighted by molar-refractivity contribution is -0.152. The van der Waals surface area contributed by atoms with E-state index in [9.17, 15) is 9.59 Å². The monoisotopic (exact) mass is 447 g/mol. The third-order valence-electron chi connectivity index (χ3n) is 6.75. The number of hydrogen-bond acceptors (Lipinski definition) is 4. The highest BCUT2D eigenvalue weighted by Gasteiger charge is 2.44. The molecule has 2 aliphatic rings. The summed E-state index contributed by atoms with van der Waals surface area (Å²) < 4.78 is 5.77. The number of aromatic nitrogens is 1. The minimum Gasteiger partial charge on any atom is -0.368 e. The molecular formula is C27H33N3O3. The fourth-order valence-electron chi connectivity index (χ4n) is 5.06. The Hall–Kier alpha value is -2.99. The number of piperidine rings is 1. The molecule has 2 aliphatic heterocycles. The van der Waals surface area contributed by atoms with Crippen LogP contribution in [0.15, 0.2) is 61.4 Å². The van der Waals surface area contributed by atoms with Gasteiger partial charge in [-0.2, -0.15) is 0 Å². The summed E-state index contributed by atoms with van der Waals surface area (Å²) in [5.74, 6) is 0.00120. The third-order valence-corrected chi connectivity index (χ3v) is 6.75. The van der Waals surface area contributed by atoms with Gasteiger partial charge in [-0.05, 0) is 55.7 Å². The molecule has 2 amide bonds. The van der Waals surface area contributed by atoms with Crippen molar-refractivity contribution in [2.24, 2.45) is 5.41 Å². The van der Waals surface area contributed by atoms with E-state index in [4.69, 9.17) is 4.74 Å². The highest BCUT2D eigenvalue weighted by Crippen LogP contribution is 2.37. The van der Waals surface area contributed by atoms with Crippen molar-refractivity contribution in [3.8, 4) is 11.1 Å². The van der Waals surface area contributed by atoms with Crippen molar-refractivity contribution in [3.05, 3.63) is 67.0 Å². The molecule has 2 saturated heterocycles. The number of carbonyl (C=O) groups excluding carboxylic acids is 2. The van der Waals surface area contributed by atoms with E-state index in [0.29, 0.717) is 32.7 Å². The largest absolute Gasteiger partial charge is 0.368 e. The maximum Gasteiger partial charge on any atom is 0.251 e. The van der Waals surface area contributed by atoms with Crippen LogP contribution in [0.2, 0.25) is 0 Å². The highest BCUT2D eigenvalue weighted by molar-refractivity contribution is 5.86. The van der Waals surface area contributed by atoms with Gasteiger partial charge in [0.05, 0.1) is 5.41 Å². The standard InChI is InChI=1S/C27H33N3O3/c1-2-14-29-26(32)27(13-8-16-30(20-27)25(31)24-12-5-6-17-33-24)18-21-9-3-4-11-23(21)22-10-7-15-28-19-22/h2-4,7,9-11,15,19,24H,1,5-6,8,12-14,16-18,20H2,(H,29,32)/t24-,27-/m0/s1. The molecule has 0 spiro atoms. The lowest BCUT2D eigenvalue weighted by atomic mass is 9.73. The van der Waals surface area contributed by atoms with Crippen LogP contribution in [0.4, 0.5) is 0 Å². The molecule has 1 N–H and O–H groups in total. The Morgan fingerprint density at radius 3 is 2.85 bits per heavy atom. The molecule has 3 heterocycles. The second-order valence-electron chi connectivity index (χ2n) is 9.07. The first kappa shape index (κ1) is 23.2. The molecule has 6 heteroatoms. The van der Waals surface area contributed by atoms with E-state index in [1.807, 2.05) is 35.4 Å². The number of ether oxygens (including phenoxy) is 1. The minimum absolute atomic E-state index is 0.0227. The van der Waals surface area contributed by atoms with E-state index in [-0.39, 0.29) is 17.9 Å². The highest BCUT2D eigenvalue weighted by atomic mass is 16.5. The summed E-state index contributed by atoms with van der Waals surface area (Å²) in [6, 6.07) is 12.1. The molecule has 2 fully saturated rings.